The predicted molar refractivity (Wildman–Crippen MR) is 69.9 cm³/mol. The van der Waals surface area contributed by atoms with E-state index in [4.69, 9.17) is 11.6 Å². The maximum atomic E-state index is 6.11. The minimum atomic E-state index is 0.290. The molecule has 0 saturated carbocycles. The number of nitrogens with zero attached hydrogens (tertiary/aromatic N) is 1. The Bertz CT molecular complexity index is 467. The number of aromatic nitrogens is 1. The molecule has 78 valence electrons. The smallest absolute Gasteiger partial charge is 0.106 e. The van der Waals surface area contributed by atoms with Crippen LogP contribution in [0.4, 0.5) is 0 Å². The summed E-state index contributed by atoms with van der Waals surface area (Å²) in [5.41, 5.74) is 1.05. The molecular formula is C11H9BrClNS. The Hall–Kier alpha value is -0.380. The second-order valence-corrected chi connectivity index (χ2v) is 6.00. The Balaban J connectivity index is 2.42. The third-order valence-electron chi connectivity index (χ3n) is 2.00. The summed E-state index contributed by atoms with van der Waals surface area (Å²) in [5, 5.41) is 1.85. The minimum Gasteiger partial charge on any atom is -0.248 e. The first-order valence-corrected chi connectivity index (χ1v) is 6.64. The molecule has 0 aliphatic heterocycles. The molecule has 1 atom stereocenters. The Kier molecular flexibility index (Phi) is 3.44. The fraction of sp³-hybridized carbons (Fsp3) is 0.182. The van der Waals surface area contributed by atoms with Crippen molar-refractivity contribution in [1.29, 1.82) is 0 Å². The lowest BCUT2D eigenvalue weighted by atomic mass is 10.2. The molecule has 1 unspecified atom stereocenters. The number of hydrogen-bond donors (Lipinski definition) is 0. The first kappa shape index (κ1) is 11.1. The Morgan fingerprint density at radius 3 is 2.73 bits per heavy atom. The van der Waals surface area contributed by atoms with Gasteiger partial charge in [0.05, 0.1) is 9.70 Å². The topological polar surface area (TPSA) is 12.9 Å². The molecule has 15 heavy (non-hydrogen) atoms. The number of hydrogen-bond acceptors (Lipinski definition) is 2. The van der Waals surface area contributed by atoms with E-state index in [2.05, 4.69) is 27.8 Å². The van der Waals surface area contributed by atoms with Crippen LogP contribution in [0.15, 0.2) is 30.5 Å². The van der Waals surface area contributed by atoms with E-state index in [1.54, 1.807) is 11.3 Å². The van der Waals surface area contributed by atoms with E-state index in [0.29, 0.717) is 4.83 Å². The lowest BCUT2D eigenvalue weighted by molar-refractivity contribution is 1.08. The third kappa shape index (κ3) is 2.41. The molecule has 0 spiro atoms. The molecule has 1 aromatic carbocycles. The van der Waals surface area contributed by atoms with Crippen LogP contribution in [0.2, 0.25) is 5.02 Å². The second-order valence-electron chi connectivity index (χ2n) is 3.16. The molecule has 0 amide bonds. The summed E-state index contributed by atoms with van der Waals surface area (Å²) in [7, 11) is 0. The summed E-state index contributed by atoms with van der Waals surface area (Å²) in [6.45, 7) is 2.06. The van der Waals surface area contributed by atoms with Crippen molar-refractivity contribution in [2.24, 2.45) is 0 Å². The van der Waals surface area contributed by atoms with E-state index in [1.165, 1.54) is 0 Å². The number of benzene rings is 1. The normalized spacial score (nSPS) is 12.7. The van der Waals surface area contributed by atoms with Gasteiger partial charge in [-0.2, -0.15) is 0 Å². The van der Waals surface area contributed by atoms with Crippen molar-refractivity contribution in [3.8, 4) is 10.4 Å². The van der Waals surface area contributed by atoms with E-state index in [0.717, 1.165) is 20.5 Å². The lowest BCUT2D eigenvalue weighted by Crippen LogP contribution is -1.77. The fourth-order valence-electron chi connectivity index (χ4n) is 1.26. The molecule has 0 N–H and O–H groups in total. The van der Waals surface area contributed by atoms with E-state index in [1.807, 2.05) is 30.5 Å². The molecule has 4 heteroatoms. The van der Waals surface area contributed by atoms with Crippen LogP contribution in [-0.2, 0) is 0 Å². The zero-order valence-electron chi connectivity index (χ0n) is 8.08. The second kappa shape index (κ2) is 4.64. The number of rotatable bonds is 2. The molecule has 0 radical (unpaired) electrons. The molecule has 0 bridgehead atoms. The Labute approximate surface area is 106 Å². The first-order chi connectivity index (χ1) is 7.18. The van der Waals surface area contributed by atoms with Crippen LogP contribution in [0.1, 0.15) is 16.8 Å². The van der Waals surface area contributed by atoms with Gasteiger partial charge in [0.2, 0.25) is 0 Å². The summed E-state index contributed by atoms with van der Waals surface area (Å²) in [6.07, 6.45) is 1.87. The van der Waals surface area contributed by atoms with Crippen molar-refractivity contribution < 1.29 is 0 Å². The Morgan fingerprint density at radius 2 is 2.13 bits per heavy atom. The van der Waals surface area contributed by atoms with Crippen LogP contribution in [-0.4, -0.2) is 4.98 Å². The molecule has 2 aromatic rings. The third-order valence-corrected chi connectivity index (χ3v) is 4.28. The fourth-order valence-corrected chi connectivity index (χ4v) is 2.84. The minimum absolute atomic E-state index is 0.290. The van der Waals surface area contributed by atoms with Crippen LogP contribution in [0.3, 0.4) is 0 Å². The predicted octanol–water partition coefficient (Wildman–Crippen LogP) is 4.92. The van der Waals surface area contributed by atoms with E-state index < -0.39 is 0 Å². The average Bonchev–Trinajstić information content (AvgIpc) is 2.67. The standard InChI is InChI=1S/C11H9BrClNS/c1-7(12)11-14-6-10(15-11)8-4-2-3-5-9(8)13/h2-7H,1H3. The number of halogens is 2. The molecule has 2 rings (SSSR count). The highest BCUT2D eigenvalue weighted by Crippen LogP contribution is 2.35. The molecular weight excluding hydrogens is 294 g/mol. The summed E-state index contributed by atoms with van der Waals surface area (Å²) in [4.78, 5) is 5.75. The highest BCUT2D eigenvalue weighted by Gasteiger charge is 2.10. The van der Waals surface area contributed by atoms with Crippen LogP contribution in [0.25, 0.3) is 10.4 Å². The zero-order valence-corrected chi connectivity index (χ0v) is 11.2. The monoisotopic (exact) mass is 301 g/mol. The van der Waals surface area contributed by atoms with Gasteiger partial charge in [-0.05, 0) is 13.0 Å². The summed E-state index contributed by atoms with van der Waals surface area (Å²) in [5.74, 6) is 0. The first-order valence-electron chi connectivity index (χ1n) is 4.53. The number of thiazole rings is 1. The molecule has 1 aromatic heterocycles. The van der Waals surface area contributed by atoms with E-state index in [9.17, 15) is 0 Å². The van der Waals surface area contributed by atoms with Crippen LogP contribution < -0.4 is 0 Å². The molecule has 0 saturated heterocycles. The summed E-state index contributed by atoms with van der Waals surface area (Å²) in [6, 6.07) is 7.82. The van der Waals surface area contributed by atoms with Crippen molar-refractivity contribution in [3.05, 3.63) is 40.5 Å². The molecule has 0 aliphatic carbocycles. The van der Waals surface area contributed by atoms with E-state index >= 15 is 0 Å². The van der Waals surface area contributed by atoms with Gasteiger partial charge in [0.1, 0.15) is 5.01 Å². The van der Waals surface area contributed by atoms with Crippen molar-refractivity contribution in [2.45, 2.75) is 11.8 Å². The summed E-state index contributed by atoms with van der Waals surface area (Å²) >= 11 is 11.3. The van der Waals surface area contributed by atoms with Gasteiger partial charge in [0.15, 0.2) is 0 Å². The van der Waals surface area contributed by atoms with Gasteiger partial charge in [0.25, 0.3) is 0 Å². The van der Waals surface area contributed by atoms with Crippen LogP contribution in [0, 0.1) is 0 Å². The largest absolute Gasteiger partial charge is 0.248 e. The molecule has 0 aliphatic rings. The maximum Gasteiger partial charge on any atom is 0.106 e. The van der Waals surface area contributed by atoms with Gasteiger partial charge >= 0.3 is 0 Å². The van der Waals surface area contributed by atoms with Gasteiger partial charge < -0.3 is 0 Å². The van der Waals surface area contributed by atoms with Gasteiger partial charge in [-0.25, -0.2) is 4.98 Å². The van der Waals surface area contributed by atoms with Gasteiger partial charge in [-0.1, -0.05) is 45.7 Å². The molecule has 1 nitrogen and oxygen atoms in total. The quantitative estimate of drug-likeness (QED) is 0.718. The van der Waals surface area contributed by atoms with E-state index in [-0.39, 0.29) is 0 Å². The van der Waals surface area contributed by atoms with Gasteiger partial charge in [-0.15, -0.1) is 11.3 Å². The van der Waals surface area contributed by atoms with Crippen LogP contribution in [0.5, 0.6) is 0 Å². The molecule has 0 fully saturated rings. The highest BCUT2D eigenvalue weighted by molar-refractivity contribution is 9.09. The van der Waals surface area contributed by atoms with Crippen LogP contribution >= 0.6 is 38.9 Å². The maximum absolute atomic E-state index is 6.11. The highest BCUT2D eigenvalue weighted by atomic mass is 79.9. The average molecular weight is 303 g/mol. The molecule has 1 heterocycles. The van der Waals surface area contributed by atoms with Crippen molar-refractivity contribution in [2.75, 3.05) is 0 Å². The Morgan fingerprint density at radius 1 is 1.40 bits per heavy atom. The summed E-state index contributed by atoms with van der Waals surface area (Å²) < 4.78 is 0. The van der Waals surface area contributed by atoms with Crippen molar-refractivity contribution in [3.63, 3.8) is 0 Å². The zero-order chi connectivity index (χ0) is 10.8. The number of alkyl halides is 1. The van der Waals surface area contributed by atoms with Crippen molar-refractivity contribution in [1.82, 2.24) is 4.98 Å². The van der Waals surface area contributed by atoms with Gasteiger partial charge in [-0.3, -0.25) is 0 Å². The SMILES string of the molecule is CC(Br)c1ncc(-c2ccccc2Cl)s1. The lowest BCUT2D eigenvalue weighted by Gasteiger charge is -1.99. The van der Waals surface area contributed by atoms with Crippen molar-refractivity contribution >= 4 is 38.9 Å². The van der Waals surface area contributed by atoms with Gasteiger partial charge in [0, 0.05) is 16.8 Å².